The second-order valence-electron chi connectivity index (χ2n) is 5.45. The molecular weight excluding hydrogens is 264 g/mol. The Bertz CT molecular complexity index is 509. The molecule has 1 aromatic carbocycles. The molecule has 2 nitrogen and oxygen atoms in total. The molecule has 20 heavy (non-hydrogen) atoms. The SMILES string of the molecule is CCC1CN(Cc2cccs2)C(c2ccccc2)CN1. The smallest absolute Gasteiger partial charge is 0.0477 e. The van der Waals surface area contributed by atoms with E-state index in [1.807, 2.05) is 11.3 Å². The molecule has 1 saturated heterocycles. The van der Waals surface area contributed by atoms with E-state index < -0.39 is 0 Å². The molecule has 2 aromatic rings. The summed E-state index contributed by atoms with van der Waals surface area (Å²) in [5, 5.41) is 5.86. The fourth-order valence-corrected chi connectivity index (χ4v) is 3.67. The first-order chi connectivity index (χ1) is 9.86. The van der Waals surface area contributed by atoms with Gasteiger partial charge in [0.05, 0.1) is 0 Å². The highest BCUT2D eigenvalue weighted by Gasteiger charge is 2.28. The van der Waals surface area contributed by atoms with E-state index in [1.165, 1.54) is 16.9 Å². The van der Waals surface area contributed by atoms with Gasteiger partial charge in [0.15, 0.2) is 0 Å². The fraction of sp³-hybridized carbons (Fsp3) is 0.412. The van der Waals surface area contributed by atoms with Crippen molar-refractivity contribution in [1.82, 2.24) is 10.2 Å². The molecule has 1 aliphatic rings. The molecule has 1 fully saturated rings. The van der Waals surface area contributed by atoms with Gasteiger partial charge in [0.1, 0.15) is 0 Å². The minimum atomic E-state index is 0.487. The van der Waals surface area contributed by atoms with Gasteiger partial charge in [0.2, 0.25) is 0 Å². The van der Waals surface area contributed by atoms with Crippen molar-refractivity contribution in [2.24, 2.45) is 0 Å². The van der Waals surface area contributed by atoms with Crippen LogP contribution in [0, 0.1) is 0 Å². The highest BCUT2D eigenvalue weighted by molar-refractivity contribution is 7.09. The van der Waals surface area contributed by atoms with E-state index in [9.17, 15) is 0 Å². The van der Waals surface area contributed by atoms with Crippen molar-refractivity contribution in [2.75, 3.05) is 13.1 Å². The van der Waals surface area contributed by atoms with Gasteiger partial charge in [0.25, 0.3) is 0 Å². The minimum absolute atomic E-state index is 0.487. The molecule has 1 aliphatic heterocycles. The summed E-state index contributed by atoms with van der Waals surface area (Å²) in [4.78, 5) is 4.09. The third-order valence-electron chi connectivity index (χ3n) is 4.11. The minimum Gasteiger partial charge on any atom is -0.311 e. The standard InChI is InChI=1S/C17H22N2S/c1-2-15-12-19(13-16-9-6-10-20-16)17(11-18-15)14-7-4-3-5-8-14/h3-10,15,17-18H,2,11-13H2,1H3. The Morgan fingerprint density at radius 1 is 1.20 bits per heavy atom. The molecule has 1 aromatic heterocycles. The molecule has 3 heteroatoms. The predicted octanol–water partition coefficient (Wildman–Crippen LogP) is 3.67. The van der Waals surface area contributed by atoms with Crippen molar-refractivity contribution in [3.8, 4) is 0 Å². The summed E-state index contributed by atoms with van der Waals surface area (Å²) in [6.07, 6.45) is 1.20. The predicted molar refractivity (Wildman–Crippen MR) is 86.0 cm³/mol. The van der Waals surface area contributed by atoms with Crippen LogP contribution < -0.4 is 5.32 Å². The fourth-order valence-electron chi connectivity index (χ4n) is 2.94. The van der Waals surface area contributed by atoms with Crippen LogP contribution >= 0.6 is 11.3 Å². The first-order valence-corrected chi connectivity index (χ1v) is 8.29. The van der Waals surface area contributed by atoms with Crippen molar-refractivity contribution in [1.29, 1.82) is 0 Å². The summed E-state index contributed by atoms with van der Waals surface area (Å²) < 4.78 is 0. The molecule has 2 heterocycles. The number of thiophene rings is 1. The van der Waals surface area contributed by atoms with E-state index in [2.05, 4.69) is 65.0 Å². The Kier molecular flexibility index (Phi) is 4.51. The Balaban J connectivity index is 1.79. The lowest BCUT2D eigenvalue weighted by Gasteiger charge is -2.40. The van der Waals surface area contributed by atoms with Crippen LogP contribution in [-0.4, -0.2) is 24.0 Å². The van der Waals surface area contributed by atoms with E-state index in [1.54, 1.807) is 0 Å². The lowest BCUT2D eigenvalue weighted by Crippen LogP contribution is -2.51. The van der Waals surface area contributed by atoms with Crippen LogP contribution in [0.4, 0.5) is 0 Å². The van der Waals surface area contributed by atoms with Crippen molar-refractivity contribution >= 4 is 11.3 Å². The van der Waals surface area contributed by atoms with Crippen LogP contribution in [0.15, 0.2) is 47.8 Å². The second kappa shape index (κ2) is 6.53. The van der Waals surface area contributed by atoms with Crippen LogP contribution in [0.25, 0.3) is 0 Å². The van der Waals surface area contributed by atoms with Gasteiger partial charge in [-0.2, -0.15) is 0 Å². The third-order valence-corrected chi connectivity index (χ3v) is 4.97. The maximum atomic E-state index is 3.69. The van der Waals surface area contributed by atoms with Gasteiger partial charge < -0.3 is 5.32 Å². The highest BCUT2D eigenvalue weighted by atomic mass is 32.1. The monoisotopic (exact) mass is 286 g/mol. The van der Waals surface area contributed by atoms with Crippen LogP contribution in [0.3, 0.4) is 0 Å². The van der Waals surface area contributed by atoms with Gasteiger partial charge in [-0.05, 0) is 23.4 Å². The van der Waals surface area contributed by atoms with Crippen LogP contribution in [0.1, 0.15) is 29.8 Å². The topological polar surface area (TPSA) is 15.3 Å². The third kappa shape index (κ3) is 3.11. The highest BCUT2D eigenvalue weighted by Crippen LogP contribution is 2.27. The Labute approximate surface area is 125 Å². The Morgan fingerprint density at radius 2 is 2.05 bits per heavy atom. The molecule has 0 radical (unpaired) electrons. The van der Waals surface area contributed by atoms with Crippen molar-refractivity contribution in [3.63, 3.8) is 0 Å². The lowest BCUT2D eigenvalue weighted by atomic mass is 10.00. The largest absolute Gasteiger partial charge is 0.311 e. The first kappa shape index (κ1) is 13.8. The molecule has 106 valence electrons. The summed E-state index contributed by atoms with van der Waals surface area (Å²) >= 11 is 1.86. The van der Waals surface area contributed by atoms with Crippen LogP contribution in [0.5, 0.6) is 0 Å². The van der Waals surface area contributed by atoms with Crippen molar-refractivity contribution < 1.29 is 0 Å². The van der Waals surface area contributed by atoms with Gasteiger partial charge >= 0.3 is 0 Å². The van der Waals surface area contributed by atoms with E-state index in [4.69, 9.17) is 0 Å². The first-order valence-electron chi connectivity index (χ1n) is 7.41. The van der Waals surface area contributed by atoms with Gasteiger partial charge in [-0.15, -0.1) is 11.3 Å². The van der Waals surface area contributed by atoms with Crippen LogP contribution in [0.2, 0.25) is 0 Å². The lowest BCUT2D eigenvalue weighted by molar-refractivity contribution is 0.122. The van der Waals surface area contributed by atoms with Gasteiger partial charge in [-0.25, -0.2) is 0 Å². The van der Waals surface area contributed by atoms with Crippen molar-refractivity contribution in [2.45, 2.75) is 32.0 Å². The molecule has 0 saturated carbocycles. The summed E-state index contributed by atoms with van der Waals surface area (Å²) in [5.74, 6) is 0. The number of hydrogen-bond acceptors (Lipinski definition) is 3. The average molecular weight is 286 g/mol. The van der Waals surface area contributed by atoms with Crippen LogP contribution in [-0.2, 0) is 6.54 Å². The second-order valence-corrected chi connectivity index (χ2v) is 6.48. The van der Waals surface area contributed by atoms with E-state index in [0.717, 1.165) is 19.6 Å². The average Bonchev–Trinajstić information content (AvgIpc) is 3.01. The quantitative estimate of drug-likeness (QED) is 0.922. The molecule has 0 bridgehead atoms. The Hall–Kier alpha value is -1.16. The zero-order valence-electron chi connectivity index (χ0n) is 12.0. The summed E-state index contributed by atoms with van der Waals surface area (Å²) in [6.45, 7) is 5.51. The van der Waals surface area contributed by atoms with E-state index in [-0.39, 0.29) is 0 Å². The molecule has 2 atom stereocenters. The van der Waals surface area contributed by atoms with Gasteiger partial charge in [-0.1, -0.05) is 43.3 Å². The maximum absolute atomic E-state index is 3.69. The molecule has 2 unspecified atom stereocenters. The molecule has 1 N–H and O–H groups in total. The van der Waals surface area contributed by atoms with E-state index in [0.29, 0.717) is 12.1 Å². The van der Waals surface area contributed by atoms with E-state index >= 15 is 0 Å². The molecule has 0 aliphatic carbocycles. The number of piperazine rings is 1. The summed E-state index contributed by atoms with van der Waals surface area (Å²) in [6, 6.07) is 16.4. The number of nitrogens with one attached hydrogen (secondary N) is 1. The maximum Gasteiger partial charge on any atom is 0.0477 e. The number of rotatable bonds is 4. The molecule has 0 amide bonds. The molecular formula is C17H22N2S. The van der Waals surface area contributed by atoms with Crippen molar-refractivity contribution in [3.05, 3.63) is 58.3 Å². The Morgan fingerprint density at radius 3 is 2.75 bits per heavy atom. The molecule has 0 spiro atoms. The molecule has 3 rings (SSSR count). The number of hydrogen-bond donors (Lipinski definition) is 1. The van der Waals surface area contributed by atoms with Gasteiger partial charge in [0, 0.05) is 36.6 Å². The summed E-state index contributed by atoms with van der Waals surface area (Å²) in [5.41, 5.74) is 1.42. The summed E-state index contributed by atoms with van der Waals surface area (Å²) in [7, 11) is 0. The number of nitrogens with zero attached hydrogens (tertiary/aromatic N) is 1. The zero-order chi connectivity index (χ0) is 13.8. The zero-order valence-corrected chi connectivity index (χ0v) is 12.8. The normalized spacial score (nSPS) is 23.9. The van der Waals surface area contributed by atoms with Gasteiger partial charge in [-0.3, -0.25) is 4.90 Å². The number of benzene rings is 1.